The van der Waals surface area contributed by atoms with Crippen LogP contribution in [0.5, 0.6) is 0 Å². The summed E-state index contributed by atoms with van der Waals surface area (Å²) in [6.07, 6.45) is 1.84. The van der Waals surface area contributed by atoms with Crippen LogP contribution in [0.2, 0.25) is 0 Å². The minimum absolute atomic E-state index is 0.0378. The van der Waals surface area contributed by atoms with E-state index in [0.29, 0.717) is 0 Å². The second-order valence-corrected chi connectivity index (χ2v) is 5.51. The molecule has 1 fully saturated rings. The molecular weight excluding hydrogens is 258 g/mol. The molecule has 1 saturated heterocycles. The van der Waals surface area contributed by atoms with E-state index in [0.717, 1.165) is 19.4 Å². The van der Waals surface area contributed by atoms with Crippen LogP contribution in [0.3, 0.4) is 0 Å². The summed E-state index contributed by atoms with van der Waals surface area (Å²) in [6.45, 7) is 0.749. The lowest BCUT2D eigenvalue weighted by molar-refractivity contribution is -0.0179. The summed E-state index contributed by atoms with van der Waals surface area (Å²) in [4.78, 5) is 0. The Morgan fingerprint density at radius 2 is 1.52 bits per heavy atom. The quantitative estimate of drug-likeness (QED) is 0.844. The van der Waals surface area contributed by atoms with Gasteiger partial charge in [0.15, 0.2) is 0 Å². The molecule has 2 aromatic rings. The van der Waals surface area contributed by atoms with Gasteiger partial charge in [-0.05, 0) is 24.0 Å². The predicted molar refractivity (Wildman–Crippen MR) is 82.8 cm³/mol. The maximum absolute atomic E-state index is 9.47. The largest absolute Gasteiger partial charge is 0.376 e. The SMILES string of the molecule is N#CC1CCCOC1C(c1ccccc1)c1ccccc1. The normalized spacial score (nSPS) is 21.9. The Kier molecular flexibility index (Phi) is 4.33. The molecule has 2 heteroatoms. The van der Waals surface area contributed by atoms with Gasteiger partial charge in [0.1, 0.15) is 0 Å². The lowest BCUT2D eigenvalue weighted by atomic mass is 9.79. The van der Waals surface area contributed by atoms with Crippen molar-refractivity contribution >= 4 is 0 Å². The molecule has 2 unspecified atom stereocenters. The molecule has 1 aliphatic rings. The standard InChI is InChI=1S/C19H19NO/c20-14-17-12-7-13-21-19(17)18(15-8-3-1-4-9-15)16-10-5-2-6-11-16/h1-6,8-11,17-19H,7,12-13H2. The first-order chi connectivity index (χ1) is 10.4. The molecule has 2 aromatic carbocycles. The summed E-state index contributed by atoms with van der Waals surface area (Å²) >= 11 is 0. The number of nitriles is 1. The minimum Gasteiger partial charge on any atom is -0.376 e. The number of rotatable bonds is 3. The lowest BCUT2D eigenvalue weighted by Crippen LogP contribution is -2.34. The van der Waals surface area contributed by atoms with Gasteiger partial charge in [0.05, 0.1) is 18.1 Å². The van der Waals surface area contributed by atoms with Crippen LogP contribution < -0.4 is 0 Å². The Morgan fingerprint density at radius 3 is 2.05 bits per heavy atom. The highest BCUT2D eigenvalue weighted by Gasteiger charge is 2.34. The van der Waals surface area contributed by atoms with Crippen LogP contribution in [-0.2, 0) is 4.74 Å². The first kappa shape index (κ1) is 13.9. The van der Waals surface area contributed by atoms with Crippen LogP contribution in [0.1, 0.15) is 29.9 Å². The van der Waals surface area contributed by atoms with E-state index in [4.69, 9.17) is 4.74 Å². The Labute approximate surface area is 126 Å². The van der Waals surface area contributed by atoms with E-state index >= 15 is 0 Å². The van der Waals surface area contributed by atoms with Gasteiger partial charge in [0, 0.05) is 12.5 Å². The van der Waals surface area contributed by atoms with Gasteiger partial charge in [-0.1, -0.05) is 60.7 Å². The third kappa shape index (κ3) is 2.99. The number of ether oxygens (including phenoxy) is 1. The van der Waals surface area contributed by atoms with E-state index in [1.807, 2.05) is 12.1 Å². The second kappa shape index (κ2) is 6.56. The predicted octanol–water partition coefficient (Wildman–Crippen LogP) is 4.14. The summed E-state index contributed by atoms with van der Waals surface area (Å²) in [7, 11) is 0. The molecule has 0 spiro atoms. The van der Waals surface area contributed by atoms with E-state index < -0.39 is 0 Å². The van der Waals surface area contributed by atoms with Crippen molar-refractivity contribution in [1.29, 1.82) is 5.26 Å². The Hall–Kier alpha value is -2.11. The van der Waals surface area contributed by atoms with Gasteiger partial charge in [-0.15, -0.1) is 0 Å². The van der Waals surface area contributed by atoms with Crippen LogP contribution in [0.25, 0.3) is 0 Å². The molecule has 0 saturated carbocycles. The highest BCUT2D eigenvalue weighted by atomic mass is 16.5. The second-order valence-electron chi connectivity index (χ2n) is 5.51. The van der Waals surface area contributed by atoms with E-state index in [2.05, 4.69) is 54.6 Å². The molecule has 0 aliphatic carbocycles. The van der Waals surface area contributed by atoms with Crippen molar-refractivity contribution < 1.29 is 4.74 Å². The first-order valence-electron chi connectivity index (χ1n) is 7.51. The zero-order valence-corrected chi connectivity index (χ0v) is 12.0. The topological polar surface area (TPSA) is 33.0 Å². The number of nitrogens with zero attached hydrogens (tertiary/aromatic N) is 1. The lowest BCUT2D eigenvalue weighted by Gasteiger charge is -2.34. The molecule has 3 rings (SSSR count). The van der Waals surface area contributed by atoms with E-state index in [1.54, 1.807) is 0 Å². The van der Waals surface area contributed by atoms with Crippen LogP contribution in [0.15, 0.2) is 60.7 Å². The molecule has 0 N–H and O–H groups in total. The summed E-state index contributed by atoms with van der Waals surface area (Å²) < 4.78 is 6.03. The molecule has 2 atom stereocenters. The third-order valence-corrected chi connectivity index (χ3v) is 4.18. The fourth-order valence-electron chi connectivity index (χ4n) is 3.16. The van der Waals surface area contributed by atoms with Crippen molar-refractivity contribution in [3.63, 3.8) is 0 Å². The van der Waals surface area contributed by atoms with Gasteiger partial charge in [-0.3, -0.25) is 0 Å². The zero-order valence-electron chi connectivity index (χ0n) is 12.0. The average molecular weight is 277 g/mol. The Bertz CT molecular complexity index is 563. The maximum atomic E-state index is 9.47. The molecule has 0 aromatic heterocycles. The molecule has 0 amide bonds. The first-order valence-corrected chi connectivity index (χ1v) is 7.51. The fourth-order valence-corrected chi connectivity index (χ4v) is 3.16. The van der Waals surface area contributed by atoms with Gasteiger partial charge in [0.25, 0.3) is 0 Å². The monoisotopic (exact) mass is 277 g/mol. The summed E-state index contributed by atoms with van der Waals surface area (Å²) in [5, 5.41) is 9.47. The Morgan fingerprint density at radius 1 is 0.952 bits per heavy atom. The van der Waals surface area contributed by atoms with Crippen molar-refractivity contribution in [1.82, 2.24) is 0 Å². The number of hydrogen-bond acceptors (Lipinski definition) is 2. The van der Waals surface area contributed by atoms with Crippen LogP contribution in [0, 0.1) is 17.2 Å². The van der Waals surface area contributed by atoms with E-state index in [-0.39, 0.29) is 17.9 Å². The summed E-state index contributed by atoms with van der Waals surface area (Å²) in [5.41, 5.74) is 2.44. The zero-order chi connectivity index (χ0) is 14.5. The van der Waals surface area contributed by atoms with Crippen LogP contribution >= 0.6 is 0 Å². The van der Waals surface area contributed by atoms with Gasteiger partial charge in [-0.2, -0.15) is 5.26 Å². The average Bonchev–Trinajstić information content (AvgIpc) is 2.58. The fraction of sp³-hybridized carbons (Fsp3) is 0.316. The minimum atomic E-state index is -0.0615. The molecule has 21 heavy (non-hydrogen) atoms. The molecule has 2 nitrogen and oxygen atoms in total. The highest BCUT2D eigenvalue weighted by Crippen LogP contribution is 2.36. The summed E-state index contributed by atoms with van der Waals surface area (Å²) in [6, 6.07) is 23.2. The maximum Gasteiger partial charge on any atom is 0.0842 e. The van der Waals surface area contributed by atoms with Crippen molar-refractivity contribution in [2.45, 2.75) is 24.9 Å². The molecule has 1 aliphatic heterocycles. The van der Waals surface area contributed by atoms with Crippen molar-refractivity contribution in [3.8, 4) is 6.07 Å². The van der Waals surface area contributed by atoms with Crippen LogP contribution in [0.4, 0.5) is 0 Å². The van der Waals surface area contributed by atoms with Crippen molar-refractivity contribution in [3.05, 3.63) is 71.8 Å². The number of hydrogen-bond donors (Lipinski definition) is 0. The van der Waals surface area contributed by atoms with Crippen LogP contribution in [-0.4, -0.2) is 12.7 Å². The smallest absolute Gasteiger partial charge is 0.0842 e. The Balaban J connectivity index is 2.02. The molecule has 1 heterocycles. The van der Waals surface area contributed by atoms with Gasteiger partial charge in [0.2, 0.25) is 0 Å². The van der Waals surface area contributed by atoms with E-state index in [1.165, 1.54) is 11.1 Å². The van der Waals surface area contributed by atoms with Crippen molar-refractivity contribution in [2.24, 2.45) is 5.92 Å². The highest BCUT2D eigenvalue weighted by molar-refractivity contribution is 5.34. The van der Waals surface area contributed by atoms with Crippen molar-refractivity contribution in [2.75, 3.05) is 6.61 Å². The van der Waals surface area contributed by atoms with Gasteiger partial charge in [-0.25, -0.2) is 0 Å². The third-order valence-electron chi connectivity index (χ3n) is 4.18. The summed E-state index contributed by atoms with van der Waals surface area (Å²) in [5.74, 6) is 0.0847. The molecule has 0 bridgehead atoms. The molecule has 0 radical (unpaired) electrons. The van der Waals surface area contributed by atoms with Gasteiger partial charge < -0.3 is 4.74 Å². The number of benzene rings is 2. The van der Waals surface area contributed by atoms with Gasteiger partial charge >= 0.3 is 0 Å². The molecular formula is C19H19NO. The molecule has 106 valence electrons. The van der Waals surface area contributed by atoms with E-state index in [9.17, 15) is 5.26 Å².